The third kappa shape index (κ3) is 8.94. The van der Waals surface area contributed by atoms with Gasteiger partial charge in [0.05, 0.1) is 22.1 Å². The lowest BCUT2D eigenvalue weighted by Gasteiger charge is -2.16. The molecule has 0 saturated heterocycles. The molecule has 0 aliphatic carbocycles. The summed E-state index contributed by atoms with van der Waals surface area (Å²) < 4.78 is 10.7. The van der Waals surface area contributed by atoms with Crippen molar-refractivity contribution >= 4 is 107 Å². The molecule has 9 aromatic carbocycles. The van der Waals surface area contributed by atoms with Crippen LogP contribution in [-0.2, 0) is 32.1 Å². The van der Waals surface area contributed by atoms with Gasteiger partial charge in [-0.3, -0.25) is 0 Å². The average molecular weight is 1050 g/mol. The number of rotatable bonds is 19. The van der Waals surface area contributed by atoms with Gasteiger partial charge in [-0.2, -0.15) is 0 Å². The Morgan fingerprint density at radius 1 is 0.282 bits per heavy atom. The summed E-state index contributed by atoms with van der Waals surface area (Å²) in [6, 6.07) is 65.1. The number of aromatic nitrogens is 2. The first-order valence-corrected chi connectivity index (χ1v) is 31.3. The molecule has 0 fully saturated rings. The highest BCUT2D eigenvalue weighted by molar-refractivity contribution is 7.26. The average Bonchev–Trinajstić information content (AvgIpc) is 4.43. The van der Waals surface area contributed by atoms with Crippen molar-refractivity contribution in [2.45, 2.75) is 131 Å². The Bertz CT molecular complexity index is 4100. The number of nitrogens with zero attached hydrogens (tertiary/aromatic N) is 2. The summed E-state index contributed by atoms with van der Waals surface area (Å²) in [6.45, 7) is 11.5. The van der Waals surface area contributed by atoms with Gasteiger partial charge in [-0.25, -0.2) is 0 Å². The van der Waals surface area contributed by atoms with Crippen LogP contribution in [-0.4, -0.2) is 9.13 Å². The zero-order chi connectivity index (χ0) is 52.9. The van der Waals surface area contributed by atoms with Crippen LogP contribution in [0.2, 0.25) is 0 Å². The molecule has 0 bridgehead atoms. The van der Waals surface area contributed by atoms with Crippen LogP contribution in [0.4, 0.5) is 0 Å². The van der Waals surface area contributed by atoms with Crippen LogP contribution in [0.15, 0.2) is 164 Å². The molecule has 0 spiro atoms. The van der Waals surface area contributed by atoms with Gasteiger partial charge in [0.15, 0.2) is 0 Å². The molecule has 4 heteroatoms. The zero-order valence-electron chi connectivity index (χ0n) is 46.4. The maximum absolute atomic E-state index is 2.62. The highest BCUT2D eigenvalue weighted by Gasteiger charge is 2.24. The molecular formula is C74H72N2S2. The minimum atomic E-state index is 1.02. The lowest BCUT2D eigenvalue weighted by atomic mass is 9.94. The first-order chi connectivity index (χ1) is 38.5. The summed E-state index contributed by atoms with van der Waals surface area (Å²) in [7, 11) is 0. The molecule has 0 N–H and O–H groups in total. The summed E-state index contributed by atoms with van der Waals surface area (Å²) in [5.41, 5.74) is 19.8. The molecule has 13 aromatic rings. The number of benzene rings is 9. The van der Waals surface area contributed by atoms with Crippen molar-refractivity contribution in [1.29, 1.82) is 0 Å². The first-order valence-electron chi connectivity index (χ1n) is 29.6. The largest absolute Gasteiger partial charge is 0.309 e. The van der Waals surface area contributed by atoms with E-state index in [1.807, 2.05) is 22.7 Å². The summed E-state index contributed by atoms with van der Waals surface area (Å²) in [6.07, 6.45) is 17.2. The molecule has 0 saturated carbocycles. The SMILES string of the molecule is CCCCc1cc(-n2c3ccc(CCCC)cc3c3c(-c4cccc5sc6ccc(CCCC)cc6c45)cccc32)cc(-n2c3ccc(CCCC)cc3c3c(-c4cccc5sc6ccc(CCCC)cc6c45)cccc32)c1. The van der Waals surface area contributed by atoms with E-state index < -0.39 is 0 Å². The number of thiophene rings is 2. The van der Waals surface area contributed by atoms with E-state index in [-0.39, 0.29) is 0 Å². The van der Waals surface area contributed by atoms with Crippen LogP contribution in [0.3, 0.4) is 0 Å². The molecule has 13 rings (SSSR count). The second-order valence-corrected chi connectivity index (χ2v) is 24.5. The molecule has 390 valence electrons. The number of hydrogen-bond acceptors (Lipinski definition) is 2. The van der Waals surface area contributed by atoms with Crippen LogP contribution in [0, 0.1) is 0 Å². The van der Waals surface area contributed by atoms with Crippen molar-refractivity contribution in [3.8, 4) is 33.6 Å². The van der Waals surface area contributed by atoms with Gasteiger partial charge in [0.2, 0.25) is 0 Å². The summed E-state index contributed by atoms with van der Waals surface area (Å²) >= 11 is 3.87. The quantitative estimate of drug-likeness (QED) is 0.0764. The fourth-order valence-corrected chi connectivity index (χ4v) is 15.2. The molecule has 4 heterocycles. The molecule has 4 aromatic heterocycles. The predicted octanol–water partition coefficient (Wildman–Crippen LogP) is 22.7. The standard InChI is InChI=1S/C74H72N2S2/c1-6-11-20-48-33-37-63-59(43-48)71-55(57-27-18-31-69-73(57)61-45-50(22-13-8-3)35-39-67(61)77-69)25-16-29-65(71)75(63)53-41-52(24-15-10-5)42-54(47-53)76-64-38-34-49(21-12-7-2)44-60(64)72-56(26-17-30-66(72)76)58-28-19-32-70-74(58)62-46-51(23-14-9-4)36-40-68(62)78-70/h16-19,25-47H,6-15,20-24H2,1-5H3. The third-order valence-corrected chi connectivity index (χ3v) is 19.3. The Kier molecular flexibility index (Phi) is 14.0. The summed E-state index contributed by atoms with van der Waals surface area (Å²) in [5, 5.41) is 10.9. The van der Waals surface area contributed by atoms with E-state index in [0.717, 1.165) is 44.9 Å². The number of hydrogen-bond donors (Lipinski definition) is 0. The van der Waals surface area contributed by atoms with Crippen molar-refractivity contribution in [2.24, 2.45) is 0 Å². The number of fused-ring (bicyclic) bond motifs is 12. The third-order valence-electron chi connectivity index (χ3n) is 17.0. The van der Waals surface area contributed by atoms with E-state index >= 15 is 0 Å². The maximum Gasteiger partial charge on any atom is 0.0547 e. The van der Waals surface area contributed by atoms with E-state index in [1.165, 1.54) is 197 Å². The highest BCUT2D eigenvalue weighted by Crippen LogP contribution is 2.48. The molecule has 0 aliphatic heterocycles. The molecule has 0 amide bonds. The predicted molar refractivity (Wildman–Crippen MR) is 345 cm³/mol. The van der Waals surface area contributed by atoms with E-state index in [9.17, 15) is 0 Å². The summed E-state index contributed by atoms with van der Waals surface area (Å²) in [4.78, 5) is 0. The van der Waals surface area contributed by atoms with Crippen LogP contribution in [0.25, 0.3) is 118 Å². The van der Waals surface area contributed by atoms with E-state index in [2.05, 4.69) is 208 Å². The smallest absolute Gasteiger partial charge is 0.0547 e. The Morgan fingerprint density at radius 3 is 1.03 bits per heavy atom. The van der Waals surface area contributed by atoms with Gasteiger partial charge in [0, 0.05) is 73.3 Å². The minimum absolute atomic E-state index is 1.02. The molecule has 0 atom stereocenters. The Balaban J connectivity index is 1.06. The molecule has 2 nitrogen and oxygen atoms in total. The minimum Gasteiger partial charge on any atom is -0.309 e. The fraction of sp³-hybridized carbons (Fsp3) is 0.270. The number of aryl methyl sites for hydroxylation is 5. The normalized spacial score (nSPS) is 12.2. The second kappa shape index (κ2) is 21.7. The van der Waals surface area contributed by atoms with Crippen molar-refractivity contribution in [1.82, 2.24) is 9.13 Å². The zero-order valence-corrected chi connectivity index (χ0v) is 48.0. The number of unbranched alkanes of at least 4 members (excludes halogenated alkanes) is 5. The molecule has 0 unspecified atom stereocenters. The van der Waals surface area contributed by atoms with Gasteiger partial charge in [-0.05, 0) is 205 Å². The Labute approximate surface area is 469 Å². The maximum atomic E-state index is 2.62. The molecule has 0 aliphatic rings. The fourth-order valence-electron chi connectivity index (χ4n) is 13.0. The van der Waals surface area contributed by atoms with E-state index in [4.69, 9.17) is 0 Å². The van der Waals surface area contributed by atoms with Crippen molar-refractivity contribution in [3.63, 3.8) is 0 Å². The van der Waals surface area contributed by atoms with Crippen molar-refractivity contribution in [2.75, 3.05) is 0 Å². The monoisotopic (exact) mass is 1050 g/mol. The topological polar surface area (TPSA) is 9.86 Å². The highest BCUT2D eigenvalue weighted by atomic mass is 32.1. The van der Waals surface area contributed by atoms with Gasteiger partial charge < -0.3 is 9.13 Å². The Hall–Kier alpha value is -6.98. The summed E-state index contributed by atoms with van der Waals surface area (Å²) in [5.74, 6) is 0. The van der Waals surface area contributed by atoms with E-state index in [1.54, 1.807) is 0 Å². The van der Waals surface area contributed by atoms with Crippen LogP contribution < -0.4 is 0 Å². The van der Waals surface area contributed by atoms with Gasteiger partial charge in [0.1, 0.15) is 0 Å². The second-order valence-electron chi connectivity index (χ2n) is 22.4. The van der Waals surface area contributed by atoms with Gasteiger partial charge in [-0.15, -0.1) is 22.7 Å². The van der Waals surface area contributed by atoms with Gasteiger partial charge >= 0.3 is 0 Å². The lowest BCUT2D eigenvalue weighted by molar-refractivity contribution is 0.793. The van der Waals surface area contributed by atoms with E-state index in [0.29, 0.717) is 0 Å². The van der Waals surface area contributed by atoms with Gasteiger partial charge in [-0.1, -0.05) is 140 Å². The lowest BCUT2D eigenvalue weighted by Crippen LogP contribution is -2.01. The van der Waals surface area contributed by atoms with Crippen LogP contribution in [0.1, 0.15) is 127 Å². The van der Waals surface area contributed by atoms with Crippen molar-refractivity contribution in [3.05, 3.63) is 192 Å². The van der Waals surface area contributed by atoms with Crippen LogP contribution in [0.5, 0.6) is 0 Å². The Morgan fingerprint density at radius 2 is 0.628 bits per heavy atom. The van der Waals surface area contributed by atoms with Crippen LogP contribution >= 0.6 is 22.7 Å². The first kappa shape index (κ1) is 50.5. The molecular weight excluding hydrogens is 981 g/mol. The van der Waals surface area contributed by atoms with Crippen molar-refractivity contribution < 1.29 is 0 Å². The molecule has 0 radical (unpaired) electrons. The van der Waals surface area contributed by atoms with Gasteiger partial charge in [0.25, 0.3) is 0 Å². The molecule has 78 heavy (non-hydrogen) atoms.